The van der Waals surface area contributed by atoms with Gasteiger partial charge in [-0.2, -0.15) is 0 Å². The lowest BCUT2D eigenvalue weighted by Crippen LogP contribution is -2.23. The highest BCUT2D eigenvalue weighted by Crippen LogP contribution is 2.37. The summed E-state index contributed by atoms with van der Waals surface area (Å²) in [4.78, 5) is 12.5. The van der Waals surface area contributed by atoms with E-state index in [4.69, 9.17) is 5.73 Å². The number of nitrogens with zero attached hydrogens (tertiary/aromatic N) is 2. The average molecular weight is 357 g/mol. The Labute approximate surface area is 147 Å². The summed E-state index contributed by atoms with van der Waals surface area (Å²) in [6.45, 7) is 1.80. The van der Waals surface area contributed by atoms with Gasteiger partial charge in [-0.25, -0.2) is 4.39 Å². The zero-order valence-corrected chi connectivity index (χ0v) is 14.1. The third-order valence-electron chi connectivity index (χ3n) is 4.20. The maximum absolute atomic E-state index is 13.6. The quantitative estimate of drug-likeness (QED) is 0.667. The number of hydrogen-bond donors (Lipinski definition) is 3. The van der Waals surface area contributed by atoms with Gasteiger partial charge in [0.15, 0.2) is 11.5 Å². The number of carbonyl (C=O) groups is 1. The molecule has 1 fully saturated rings. The van der Waals surface area contributed by atoms with Crippen molar-refractivity contribution in [3.8, 4) is 10.4 Å². The van der Waals surface area contributed by atoms with Crippen molar-refractivity contribution in [3.63, 3.8) is 0 Å². The predicted octanol–water partition coefficient (Wildman–Crippen LogP) is 2.37. The summed E-state index contributed by atoms with van der Waals surface area (Å²) < 4.78 is 14.2. The van der Waals surface area contributed by atoms with Crippen LogP contribution < -0.4 is 16.4 Å². The summed E-state index contributed by atoms with van der Waals surface area (Å²) >= 11 is 1.36. The number of benzene rings is 1. The van der Waals surface area contributed by atoms with Gasteiger partial charge in [-0.15, -0.1) is 21.5 Å². The number of nitrogens with one attached hydrogen (secondary N) is 2. The molecule has 1 unspecified atom stereocenters. The lowest BCUT2D eigenvalue weighted by molar-refractivity contribution is 0.0996. The highest BCUT2D eigenvalue weighted by Gasteiger charge is 2.21. The minimum Gasteiger partial charge on any atom is -0.364 e. The van der Waals surface area contributed by atoms with Crippen molar-refractivity contribution in [2.75, 3.05) is 18.4 Å². The van der Waals surface area contributed by atoms with Gasteiger partial charge in [0, 0.05) is 22.8 Å². The zero-order chi connectivity index (χ0) is 17.4. The fourth-order valence-electron chi connectivity index (χ4n) is 2.97. The molecule has 0 radical (unpaired) electrons. The Kier molecular flexibility index (Phi) is 4.06. The standard InChI is InChI=1S/C17H16FN5OS/c18-10-3-1-2-9(6-10)13-7-12-15(25-13)14(16(19)24)22-23-17(12)21-11-4-5-20-8-11/h1-3,6-7,11,20H,4-5,8H2,(H2,19,24)(H,21,23). The molecule has 1 aliphatic rings. The second-order valence-electron chi connectivity index (χ2n) is 5.96. The molecule has 2 aromatic heterocycles. The molecule has 4 N–H and O–H groups in total. The Morgan fingerprint density at radius 1 is 1.36 bits per heavy atom. The van der Waals surface area contributed by atoms with Crippen LogP contribution in [0.4, 0.5) is 10.2 Å². The third kappa shape index (κ3) is 3.06. The Morgan fingerprint density at radius 3 is 2.96 bits per heavy atom. The molecule has 0 saturated carbocycles. The number of fused-ring (bicyclic) bond motifs is 1. The number of halogens is 1. The molecule has 3 heterocycles. The van der Waals surface area contributed by atoms with Gasteiger partial charge in [0.25, 0.3) is 5.91 Å². The molecular weight excluding hydrogens is 341 g/mol. The number of aromatic nitrogens is 2. The van der Waals surface area contributed by atoms with Crippen molar-refractivity contribution in [1.29, 1.82) is 0 Å². The largest absolute Gasteiger partial charge is 0.364 e. The summed E-state index contributed by atoms with van der Waals surface area (Å²) in [5, 5.41) is 15.6. The van der Waals surface area contributed by atoms with E-state index in [2.05, 4.69) is 20.8 Å². The lowest BCUT2D eigenvalue weighted by atomic mass is 10.1. The first kappa shape index (κ1) is 15.9. The van der Waals surface area contributed by atoms with Crippen LogP contribution in [0.25, 0.3) is 20.5 Å². The van der Waals surface area contributed by atoms with Crippen LogP contribution in [0.15, 0.2) is 30.3 Å². The van der Waals surface area contributed by atoms with Crippen LogP contribution in [-0.4, -0.2) is 35.2 Å². The second-order valence-corrected chi connectivity index (χ2v) is 7.01. The van der Waals surface area contributed by atoms with Crippen LogP contribution in [0, 0.1) is 5.82 Å². The molecule has 0 spiro atoms. The highest BCUT2D eigenvalue weighted by molar-refractivity contribution is 7.22. The number of thiophene rings is 1. The molecule has 0 bridgehead atoms. The SMILES string of the molecule is NC(=O)c1nnc(NC2CCNC2)c2cc(-c3cccc(F)c3)sc12. The first-order valence-corrected chi connectivity index (χ1v) is 8.76. The maximum atomic E-state index is 13.6. The van der Waals surface area contributed by atoms with Gasteiger partial charge in [0.1, 0.15) is 5.82 Å². The zero-order valence-electron chi connectivity index (χ0n) is 13.3. The van der Waals surface area contributed by atoms with Gasteiger partial charge in [0.05, 0.1) is 4.70 Å². The van der Waals surface area contributed by atoms with Crippen LogP contribution in [0.5, 0.6) is 0 Å². The highest BCUT2D eigenvalue weighted by atomic mass is 32.1. The van der Waals surface area contributed by atoms with Crippen LogP contribution in [0.2, 0.25) is 0 Å². The Balaban J connectivity index is 1.84. The summed E-state index contributed by atoms with van der Waals surface area (Å²) in [6.07, 6.45) is 0.988. The minimum absolute atomic E-state index is 0.137. The normalized spacial score (nSPS) is 17.1. The van der Waals surface area contributed by atoms with E-state index in [0.29, 0.717) is 10.5 Å². The molecule has 1 amide bonds. The number of amides is 1. The Bertz CT molecular complexity index is 951. The summed E-state index contributed by atoms with van der Waals surface area (Å²) in [5.41, 5.74) is 6.32. The number of nitrogens with two attached hydrogens (primary N) is 1. The van der Waals surface area contributed by atoms with Crippen LogP contribution in [0.3, 0.4) is 0 Å². The van der Waals surface area contributed by atoms with E-state index in [-0.39, 0.29) is 17.6 Å². The molecule has 1 atom stereocenters. The molecule has 25 heavy (non-hydrogen) atoms. The predicted molar refractivity (Wildman–Crippen MR) is 96.2 cm³/mol. The molecule has 1 aliphatic heterocycles. The Morgan fingerprint density at radius 2 is 2.24 bits per heavy atom. The van der Waals surface area contributed by atoms with Crippen molar-refractivity contribution < 1.29 is 9.18 Å². The van der Waals surface area contributed by atoms with E-state index >= 15 is 0 Å². The van der Waals surface area contributed by atoms with Crippen LogP contribution in [0.1, 0.15) is 16.9 Å². The van der Waals surface area contributed by atoms with Gasteiger partial charge in [-0.3, -0.25) is 4.79 Å². The van der Waals surface area contributed by atoms with E-state index < -0.39 is 5.91 Å². The lowest BCUT2D eigenvalue weighted by Gasteiger charge is -2.12. The number of hydrogen-bond acceptors (Lipinski definition) is 6. The molecule has 1 saturated heterocycles. The molecule has 3 aromatic rings. The monoisotopic (exact) mass is 357 g/mol. The van der Waals surface area contributed by atoms with Gasteiger partial charge in [-0.05, 0) is 36.7 Å². The summed E-state index contributed by atoms with van der Waals surface area (Å²) in [7, 11) is 0. The first-order chi connectivity index (χ1) is 12.1. The minimum atomic E-state index is -0.626. The van der Waals surface area contributed by atoms with E-state index in [1.807, 2.05) is 12.1 Å². The molecule has 1 aromatic carbocycles. The molecule has 8 heteroatoms. The molecular formula is C17H16FN5OS. The molecule has 4 rings (SSSR count). The maximum Gasteiger partial charge on any atom is 0.270 e. The van der Waals surface area contributed by atoms with Crippen LogP contribution in [-0.2, 0) is 0 Å². The van der Waals surface area contributed by atoms with Crippen LogP contribution >= 0.6 is 11.3 Å². The molecule has 128 valence electrons. The number of primary amides is 1. The van der Waals surface area contributed by atoms with E-state index in [1.54, 1.807) is 6.07 Å². The first-order valence-electron chi connectivity index (χ1n) is 7.95. The number of carbonyl (C=O) groups excluding carboxylic acids is 1. The molecule has 6 nitrogen and oxygen atoms in total. The summed E-state index contributed by atoms with van der Waals surface area (Å²) in [6, 6.07) is 8.50. The van der Waals surface area contributed by atoms with E-state index in [1.165, 1.54) is 23.5 Å². The van der Waals surface area contributed by atoms with Gasteiger partial charge >= 0.3 is 0 Å². The van der Waals surface area contributed by atoms with Crippen molar-refractivity contribution in [3.05, 3.63) is 41.8 Å². The fraction of sp³-hybridized carbons (Fsp3) is 0.235. The third-order valence-corrected chi connectivity index (χ3v) is 5.39. The average Bonchev–Trinajstić information content (AvgIpc) is 3.24. The smallest absolute Gasteiger partial charge is 0.270 e. The van der Waals surface area contributed by atoms with Crippen molar-refractivity contribution >= 4 is 33.1 Å². The Hall–Kier alpha value is -2.58. The topological polar surface area (TPSA) is 92.9 Å². The number of anilines is 1. The van der Waals surface area contributed by atoms with Crippen molar-refractivity contribution in [2.24, 2.45) is 5.73 Å². The fourth-order valence-corrected chi connectivity index (χ4v) is 4.11. The number of rotatable bonds is 4. The van der Waals surface area contributed by atoms with Gasteiger partial charge in [0.2, 0.25) is 0 Å². The van der Waals surface area contributed by atoms with Crippen molar-refractivity contribution in [2.45, 2.75) is 12.5 Å². The second kappa shape index (κ2) is 6.38. The van der Waals surface area contributed by atoms with Crippen molar-refractivity contribution in [1.82, 2.24) is 15.5 Å². The van der Waals surface area contributed by atoms with Gasteiger partial charge < -0.3 is 16.4 Å². The summed E-state index contributed by atoms with van der Waals surface area (Å²) in [5.74, 6) is -0.316. The van der Waals surface area contributed by atoms with Gasteiger partial charge in [-0.1, -0.05) is 12.1 Å². The van der Waals surface area contributed by atoms with E-state index in [9.17, 15) is 9.18 Å². The molecule has 0 aliphatic carbocycles. The van der Waals surface area contributed by atoms with E-state index in [0.717, 1.165) is 35.3 Å².